The van der Waals surface area contributed by atoms with Gasteiger partial charge in [-0.05, 0) is 29.8 Å². The molecule has 0 N–H and O–H groups in total. The lowest BCUT2D eigenvalue weighted by Gasteiger charge is -2.29. The Morgan fingerprint density at radius 2 is 1.89 bits per heavy atom. The second-order valence-electron chi connectivity index (χ2n) is 6.81. The van der Waals surface area contributed by atoms with E-state index in [2.05, 4.69) is 34.1 Å². The van der Waals surface area contributed by atoms with Crippen LogP contribution in [-0.2, 0) is 16.1 Å². The van der Waals surface area contributed by atoms with Gasteiger partial charge >= 0.3 is 0 Å². The van der Waals surface area contributed by atoms with E-state index in [1.165, 1.54) is 11.8 Å². The molecule has 0 bridgehead atoms. The summed E-state index contributed by atoms with van der Waals surface area (Å²) in [7, 11) is 1.79. The number of hydrogen-bond acceptors (Lipinski definition) is 5. The molecule has 1 aromatic heterocycles. The van der Waals surface area contributed by atoms with Crippen LogP contribution < -0.4 is 4.90 Å². The molecule has 0 radical (unpaired) electrons. The van der Waals surface area contributed by atoms with Crippen molar-refractivity contribution < 1.29 is 13.9 Å². The standard InChI is InChI=1S/C22H23N3O3/c1-24(16-17-6-8-18(9-7-17)25-12-14-27-15-13-25)22(26)11-10-21-23-19-4-2-3-5-20(19)28-21/h2-11H,12-16H2,1H3. The molecule has 2 aromatic carbocycles. The maximum absolute atomic E-state index is 12.4. The maximum Gasteiger partial charge on any atom is 0.246 e. The van der Waals surface area contributed by atoms with Crippen LogP contribution in [-0.4, -0.2) is 49.1 Å². The highest BCUT2D eigenvalue weighted by Gasteiger charge is 2.12. The van der Waals surface area contributed by atoms with E-state index in [1.807, 2.05) is 24.3 Å². The Morgan fingerprint density at radius 3 is 2.64 bits per heavy atom. The van der Waals surface area contributed by atoms with Crippen LogP contribution in [0.2, 0.25) is 0 Å². The molecular formula is C22H23N3O3. The summed E-state index contributed by atoms with van der Waals surface area (Å²) in [6.07, 6.45) is 3.10. The number of rotatable bonds is 5. The summed E-state index contributed by atoms with van der Waals surface area (Å²) < 4.78 is 11.0. The quantitative estimate of drug-likeness (QED) is 0.639. The molecular weight excluding hydrogens is 354 g/mol. The van der Waals surface area contributed by atoms with Crippen molar-refractivity contribution in [3.05, 3.63) is 66.1 Å². The zero-order chi connectivity index (χ0) is 19.3. The van der Waals surface area contributed by atoms with Crippen LogP contribution in [0, 0.1) is 0 Å². The highest BCUT2D eigenvalue weighted by molar-refractivity contribution is 5.91. The highest BCUT2D eigenvalue weighted by Crippen LogP contribution is 2.18. The van der Waals surface area contributed by atoms with Crippen molar-refractivity contribution >= 4 is 28.8 Å². The van der Waals surface area contributed by atoms with Crippen LogP contribution in [0.25, 0.3) is 17.2 Å². The van der Waals surface area contributed by atoms with Crippen molar-refractivity contribution in [2.75, 3.05) is 38.3 Å². The number of carbonyl (C=O) groups is 1. The van der Waals surface area contributed by atoms with E-state index in [4.69, 9.17) is 9.15 Å². The Hall–Kier alpha value is -3.12. The molecule has 4 rings (SSSR count). The lowest BCUT2D eigenvalue weighted by Crippen LogP contribution is -2.36. The SMILES string of the molecule is CN(Cc1ccc(N2CCOCC2)cc1)C(=O)C=Cc1nc2ccccc2o1. The first-order valence-electron chi connectivity index (χ1n) is 9.39. The zero-order valence-corrected chi connectivity index (χ0v) is 15.9. The Morgan fingerprint density at radius 1 is 1.14 bits per heavy atom. The lowest BCUT2D eigenvalue weighted by atomic mass is 10.1. The minimum Gasteiger partial charge on any atom is -0.437 e. The molecule has 1 aliphatic rings. The minimum absolute atomic E-state index is 0.0977. The summed E-state index contributed by atoms with van der Waals surface area (Å²) in [6, 6.07) is 15.9. The van der Waals surface area contributed by atoms with Crippen LogP contribution in [0.15, 0.2) is 59.0 Å². The van der Waals surface area contributed by atoms with Gasteiger partial charge in [0.25, 0.3) is 0 Å². The van der Waals surface area contributed by atoms with Gasteiger partial charge in [0, 0.05) is 44.5 Å². The fourth-order valence-electron chi connectivity index (χ4n) is 3.22. The molecule has 1 aliphatic heterocycles. The van der Waals surface area contributed by atoms with Crippen LogP contribution in [0.3, 0.4) is 0 Å². The first kappa shape index (κ1) is 18.3. The van der Waals surface area contributed by atoms with Gasteiger partial charge in [0.05, 0.1) is 13.2 Å². The van der Waals surface area contributed by atoms with E-state index in [-0.39, 0.29) is 5.91 Å². The number of benzene rings is 2. The minimum atomic E-state index is -0.0977. The first-order chi connectivity index (χ1) is 13.7. The Balaban J connectivity index is 1.35. The van der Waals surface area contributed by atoms with Crippen molar-refractivity contribution in [2.45, 2.75) is 6.54 Å². The van der Waals surface area contributed by atoms with Crippen molar-refractivity contribution in [1.29, 1.82) is 0 Å². The van der Waals surface area contributed by atoms with Gasteiger partial charge in [0.1, 0.15) is 5.52 Å². The topological polar surface area (TPSA) is 58.8 Å². The van der Waals surface area contributed by atoms with Gasteiger partial charge in [-0.2, -0.15) is 0 Å². The Kier molecular flexibility index (Phi) is 5.39. The molecule has 144 valence electrons. The molecule has 1 saturated heterocycles. The molecule has 3 aromatic rings. The molecule has 0 atom stereocenters. The van der Waals surface area contributed by atoms with Gasteiger partial charge in [-0.25, -0.2) is 4.98 Å². The average Bonchev–Trinajstić information content (AvgIpc) is 3.16. The normalized spacial score (nSPS) is 14.7. The monoisotopic (exact) mass is 377 g/mol. The highest BCUT2D eigenvalue weighted by atomic mass is 16.5. The van der Waals surface area contributed by atoms with Crippen LogP contribution >= 0.6 is 0 Å². The van der Waals surface area contributed by atoms with E-state index in [0.717, 1.165) is 37.4 Å². The number of ether oxygens (including phenoxy) is 1. The number of amides is 1. The van der Waals surface area contributed by atoms with E-state index in [0.29, 0.717) is 18.0 Å². The molecule has 28 heavy (non-hydrogen) atoms. The number of oxazole rings is 1. The van der Waals surface area contributed by atoms with Crippen LogP contribution in [0.4, 0.5) is 5.69 Å². The summed E-state index contributed by atoms with van der Waals surface area (Å²) in [6.45, 7) is 3.91. The molecule has 0 aliphatic carbocycles. The molecule has 1 amide bonds. The fourth-order valence-corrected chi connectivity index (χ4v) is 3.22. The summed E-state index contributed by atoms with van der Waals surface area (Å²) in [5.41, 5.74) is 3.77. The summed E-state index contributed by atoms with van der Waals surface area (Å²) in [5.74, 6) is 0.331. The van der Waals surface area contributed by atoms with Gasteiger partial charge in [-0.15, -0.1) is 0 Å². The number of anilines is 1. The molecule has 6 nitrogen and oxygen atoms in total. The average molecular weight is 377 g/mol. The van der Waals surface area contributed by atoms with E-state index in [9.17, 15) is 4.79 Å². The summed E-state index contributed by atoms with van der Waals surface area (Å²) in [4.78, 5) is 20.7. The zero-order valence-electron chi connectivity index (χ0n) is 15.9. The van der Waals surface area contributed by atoms with Crippen molar-refractivity contribution in [1.82, 2.24) is 9.88 Å². The molecule has 0 saturated carbocycles. The van der Waals surface area contributed by atoms with Crippen LogP contribution in [0.1, 0.15) is 11.5 Å². The van der Waals surface area contributed by atoms with E-state index >= 15 is 0 Å². The number of fused-ring (bicyclic) bond motifs is 1. The second-order valence-corrected chi connectivity index (χ2v) is 6.81. The van der Waals surface area contributed by atoms with Gasteiger partial charge in [-0.3, -0.25) is 4.79 Å². The number of nitrogens with zero attached hydrogens (tertiary/aromatic N) is 3. The largest absolute Gasteiger partial charge is 0.437 e. The number of carbonyl (C=O) groups excluding carboxylic acids is 1. The smallest absolute Gasteiger partial charge is 0.246 e. The van der Waals surface area contributed by atoms with Crippen molar-refractivity contribution in [2.24, 2.45) is 0 Å². The maximum atomic E-state index is 12.4. The first-order valence-corrected chi connectivity index (χ1v) is 9.39. The number of para-hydroxylation sites is 2. The van der Waals surface area contributed by atoms with Crippen LogP contribution in [0.5, 0.6) is 0 Å². The third kappa shape index (κ3) is 4.23. The second kappa shape index (κ2) is 8.27. The number of likely N-dealkylation sites (N-methyl/N-ethyl adjacent to an activating group) is 1. The van der Waals surface area contributed by atoms with Gasteiger partial charge in [0.15, 0.2) is 5.58 Å². The summed E-state index contributed by atoms with van der Waals surface area (Å²) >= 11 is 0. The van der Waals surface area contributed by atoms with Gasteiger partial charge in [-0.1, -0.05) is 24.3 Å². The Labute approximate surface area is 164 Å². The predicted octanol–water partition coefficient (Wildman–Crippen LogP) is 3.34. The molecule has 0 unspecified atom stereocenters. The lowest BCUT2D eigenvalue weighted by molar-refractivity contribution is -0.125. The summed E-state index contributed by atoms with van der Waals surface area (Å²) in [5, 5.41) is 0. The third-order valence-electron chi connectivity index (χ3n) is 4.79. The van der Waals surface area contributed by atoms with Crippen molar-refractivity contribution in [3.63, 3.8) is 0 Å². The van der Waals surface area contributed by atoms with Gasteiger partial charge in [0.2, 0.25) is 11.8 Å². The number of hydrogen-bond donors (Lipinski definition) is 0. The predicted molar refractivity (Wildman–Crippen MR) is 109 cm³/mol. The van der Waals surface area contributed by atoms with Crippen molar-refractivity contribution in [3.8, 4) is 0 Å². The third-order valence-corrected chi connectivity index (χ3v) is 4.79. The number of morpholine rings is 1. The molecule has 6 heteroatoms. The number of aromatic nitrogens is 1. The molecule has 0 spiro atoms. The molecule has 1 fully saturated rings. The molecule has 2 heterocycles. The Bertz CT molecular complexity index is 939. The van der Waals surface area contributed by atoms with E-state index < -0.39 is 0 Å². The van der Waals surface area contributed by atoms with E-state index in [1.54, 1.807) is 18.0 Å². The van der Waals surface area contributed by atoms with Gasteiger partial charge < -0.3 is 19.0 Å². The fraction of sp³-hybridized carbons (Fsp3) is 0.273.